The van der Waals surface area contributed by atoms with Crippen LogP contribution in [-0.4, -0.2) is 44.0 Å². The van der Waals surface area contributed by atoms with Crippen LogP contribution in [-0.2, 0) is 20.7 Å². The number of esters is 1. The number of anilines is 2. The monoisotopic (exact) mass is 612 g/mol. The number of amides is 1. The molecule has 0 aliphatic rings. The van der Waals surface area contributed by atoms with Crippen LogP contribution in [0.2, 0.25) is 5.02 Å². The zero-order chi connectivity index (χ0) is 31.7. The van der Waals surface area contributed by atoms with Gasteiger partial charge in [0.1, 0.15) is 18.4 Å². The lowest BCUT2D eigenvalue weighted by molar-refractivity contribution is -0.141. The highest BCUT2D eigenvalue weighted by Gasteiger charge is 2.28. The molecule has 44 heavy (non-hydrogen) atoms. The molecular weight excluding hydrogens is 576 g/mol. The lowest BCUT2D eigenvalue weighted by Crippen LogP contribution is -2.41. The van der Waals surface area contributed by atoms with Crippen molar-refractivity contribution in [2.24, 2.45) is 5.41 Å². The van der Waals surface area contributed by atoms with E-state index < -0.39 is 17.4 Å². The van der Waals surface area contributed by atoms with Crippen LogP contribution in [0.5, 0.6) is 5.75 Å². The summed E-state index contributed by atoms with van der Waals surface area (Å²) in [6.07, 6.45) is 0.325. The molecule has 228 valence electrons. The Hall–Kier alpha value is -4.62. The van der Waals surface area contributed by atoms with E-state index in [1.54, 1.807) is 47.4 Å². The summed E-state index contributed by atoms with van der Waals surface area (Å²) in [5.74, 6) is 0.0253. The summed E-state index contributed by atoms with van der Waals surface area (Å²) in [7, 11) is 1.34. The first kappa shape index (κ1) is 32.3. The Labute approximate surface area is 263 Å². The number of benzene rings is 4. The summed E-state index contributed by atoms with van der Waals surface area (Å²) in [4.78, 5) is 40.8. The molecule has 0 saturated carbocycles. The van der Waals surface area contributed by atoms with E-state index in [-0.39, 0.29) is 18.3 Å². The molecule has 0 spiro atoms. The third-order valence-corrected chi connectivity index (χ3v) is 7.25. The highest BCUT2D eigenvalue weighted by atomic mass is 35.5. The molecule has 1 atom stereocenters. The minimum atomic E-state index is -0.729. The smallest absolute Gasteiger partial charge is 0.328 e. The number of nitrogens with one attached hydrogen (secondary N) is 1. The second-order valence-corrected chi connectivity index (χ2v) is 11.8. The van der Waals surface area contributed by atoms with Gasteiger partial charge in [-0.3, -0.25) is 9.59 Å². The Morgan fingerprint density at radius 3 is 2.11 bits per heavy atom. The molecule has 0 saturated heterocycles. The predicted molar refractivity (Wildman–Crippen MR) is 175 cm³/mol. The van der Waals surface area contributed by atoms with Crippen LogP contribution in [0.25, 0.3) is 0 Å². The van der Waals surface area contributed by atoms with Gasteiger partial charge in [0, 0.05) is 39.4 Å². The van der Waals surface area contributed by atoms with Gasteiger partial charge in [-0.05, 0) is 54.1 Å². The number of ketones is 1. The minimum Gasteiger partial charge on any atom is -0.492 e. The zero-order valence-corrected chi connectivity index (χ0v) is 26.1. The van der Waals surface area contributed by atoms with E-state index >= 15 is 0 Å². The van der Waals surface area contributed by atoms with Crippen LogP contribution in [0.3, 0.4) is 0 Å². The van der Waals surface area contributed by atoms with Crippen LogP contribution < -0.4 is 15.0 Å². The first-order valence-corrected chi connectivity index (χ1v) is 14.8. The summed E-state index contributed by atoms with van der Waals surface area (Å²) < 4.78 is 11.1. The first-order valence-electron chi connectivity index (χ1n) is 14.4. The number of methoxy groups -OCH3 is 1. The van der Waals surface area contributed by atoms with Crippen molar-refractivity contribution < 1.29 is 23.9 Å². The van der Waals surface area contributed by atoms with Crippen molar-refractivity contribution in [3.8, 4) is 5.75 Å². The number of nitrogens with zero attached hydrogens (tertiary/aromatic N) is 1. The molecule has 1 N–H and O–H groups in total. The molecule has 0 unspecified atom stereocenters. The lowest BCUT2D eigenvalue weighted by atomic mass is 9.94. The maximum absolute atomic E-state index is 13.2. The van der Waals surface area contributed by atoms with Crippen LogP contribution in [0.4, 0.5) is 11.4 Å². The fourth-order valence-corrected chi connectivity index (χ4v) is 4.79. The van der Waals surface area contributed by atoms with E-state index in [1.807, 2.05) is 81.4 Å². The Morgan fingerprint density at radius 2 is 1.48 bits per heavy atom. The van der Waals surface area contributed by atoms with Gasteiger partial charge in [-0.2, -0.15) is 0 Å². The van der Waals surface area contributed by atoms with E-state index in [1.165, 1.54) is 7.11 Å². The zero-order valence-electron chi connectivity index (χ0n) is 25.4. The number of hydrogen-bond donors (Lipinski definition) is 1. The SMILES string of the molecule is COC(=O)[C@H](Cc1ccc(OCCN(C(=O)C(C)(C)C)c2ccc(Cl)cc2)cc1)Nc1ccccc1C(=O)c1ccccc1. The number of para-hydroxylation sites is 1. The summed E-state index contributed by atoms with van der Waals surface area (Å²) >= 11 is 6.05. The predicted octanol–water partition coefficient (Wildman–Crippen LogP) is 7.23. The van der Waals surface area contributed by atoms with Gasteiger partial charge in [-0.1, -0.05) is 87.0 Å². The molecule has 4 aromatic carbocycles. The fourth-order valence-electron chi connectivity index (χ4n) is 4.66. The van der Waals surface area contributed by atoms with Crippen LogP contribution in [0.1, 0.15) is 42.3 Å². The van der Waals surface area contributed by atoms with Crippen molar-refractivity contribution in [3.63, 3.8) is 0 Å². The number of halogens is 1. The largest absolute Gasteiger partial charge is 0.492 e. The molecule has 8 heteroatoms. The number of ether oxygens (including phenoxy) is 2. The molecule has 1 amide bonds. The molecule has 0 heterocycles. The van der Waals surface area contributed by atoms with E-state index in [0.717, 1.165) is 11.3 Å². The van der Waals surface area contributed by atoms with Gasteiger partial charge in [0.15, 0.2) is 5.78 Å². The van der Waals surface area contributed by atoms with E-state index in [4.69, 9.17) is 21.1 Å². The van der Waals surface area contributed by atoms with Crippen molar-refractivity contribution in [1.82, 2.24) is 0 Å². The number of carbonyl (C=O) groups excluding carboxylic acids is 3. The quantitative estimate of drug-likeness (QED) is 0.134. The highest BCUT2D eigenvalue weighted by molar-refractivity contribution is 6.30. The van der Waals surface area contributed by atoms with Gasteiger partial charge < -0.3 is 19.7 Å². The third-order valence-electron chi connectivity index (χ3n) is 6.99. The summed E-state index contributed by atoms with van der Waals surface area (Å²) in [6.45, 7) is 6.29. The average molecular weight is 613 g/mol. The van der Waals surface area contributed by atoms with Crippen LogP contribution in [0.15, 0.2) is 103 Å². The Kier molecular flexibility index (Phi) is 10.8. The lowest BCUT2D eigenvalue weighted by Gasteiger charge is -2.29. The van der Waals surface area contributed by atoms with Gasteiger partial charge in [0.05, 0.1) is 13.7 Å². The van der Waals surface area contributed by atoms with Crippen LogP contribution >= 0.6 is 11.6 Å². The Balaban J connectivity index is 1.42. The molecular formula is C36H37ClN2O5. The van der Waals surface area contributed by atoms with Crippen molar-refractivity contribution in [3.05, 3.63) is 125 Å². The van der Waals surface area contributed by atoms with E-state index in [0.29, 0.717) is 40.6 Å². The molecule has 0 aromatic heterocycles. The van der Waals surface area contributed by atoms with Crippen molar-refractivity contribution >= 4 is 40.6 Å². The minimum absolute atomic E-state index is 0.0211. The molecule has 0 aliphatic heterocycles. The number of rotatable bonds is 12. The summed E-state index contributed by atoms with van der Waals surface area (Å²) in [5.41, 5.74) is 2.63. The molecule has 7 nitrogen and oxygen atoms in total. The fraction of sp³-hybridized carbons (Fsp3) is 0.250. The van der Waals surface area contributed by atoms with E-state index in [2.05, 4.69) is 5.32 Å². The normalized spacial score (nSPS) is 11.8. The molecule has 0 fully saturated rings. The summed E-state index contributed by atoms with van der Waals surface area (Å²) in [6, 6.07) is 30.0. The van der Waals surface area contributed by atoms with Gasteiger partial charge in [-0.15, -0.1) is 0 Å². The van der Waals surface area contributed by atoms with Crippen LogP contribution in [0, 0.1) is 5.41 Å². The number of hydrogen-bond acceptors (Lipinski definition) is 6. The van der Waals surface area contributed by atoms with Gasteiger partial charge in [-0.25, -0.2) is 4.79 Å². The average Bonchev–Trinajstić information content (AvgIpc) is 3.03. The second-order valence-electron chi connectivity index (χ2n) is 11.3. The Morgan fingerprint density at radius 1 is 0.841 bits per heavy atom. The topological polar surface area (TPSA) is 84.9 Å². The standard InChI is InChI=1S/C36H37ClN2O5/c1-36(2,3)35(42)39(28-18-16-27(37)17-19-28)22-23-44-29-20-14-25(15-21-29)24-32(34(41)43-4)38-31-13-9-8-12-30(31)33(40)26-10-6-5-7-11-26/h5-21,32,38H,22-24H2,1-4H3/t32-/m0/s1. The van der Waals surface area contributed by atoms with Gasteiger partial charge in [0.2, 0.25) is 5.91 Å². The molecule has 4 aromatic rings. The Bertz CT molecular complexity index is 1570. The molecule has 0 aliphatic carbocycles. The van der Waals surface area contributed by atoms with E-state index in [9.17, 15) is 14.4 Å². The van der Waals surface area contributed by atoms with Crippen molar-refractivity contribution in [1.29, 1.82) is 0 Å². The highest BCUT2D eigenvalue weighted by Crippen LogP contribution is 2.26. The summed E-state index contributed by atoms with van der Waals surface area (Å²) in [5, 5.41) is 3.83. The first-order chi connectivity index (χ1) is 21.1. The van der Waals surface area contributed by atoms with Gasteiger partial charge in [0.25, 0.3) is 0 Å². The second kappa shape index (κ2) is 14.7. The van der Waals surface area contributed by atoms with Crippen molar-refractivity contribution in [2.45, 2.75) is 33.2 Å². The molecule has 0 bridgehead atoms. The molecule has 0 radical (unpaired) electrons. The number of carbonyl (C=O) groups is 3. The maximum atomic E-state index is 13.2. The third kappa shape index (κ3) is 8.48. The van der Waals surface area contributed by atoms with Crippen molar-refractivity contribution in [2.75, 3.05) is 30.5 Å². The van der Waals surface area contributed by atoms with Gasteiger partial charge >= 0.3 is 5.97 Å². The maximum Gasteiger partial charge on any atom is 0.328 e. The molecule has 4 rings (SSSR count).